The fourth-order valence-electron chi connectivity index (χ4n) is 1.89. The molecule has 0 radical (unpaired) electrons. The average molecular weight is 476 g/mol. The fourth-order valence-corrected chi connectivity index (χ4v) is 2.89. The molecule has 0 aliphatic carbocycles. The van der Waals surface area contributed by atoms with Gasteiger partial charge in [-0.3, -0.25) is 19.2 Å². The van der Waals surface area contributed by atoms with Gasteiger partial charge in [-0.05, 0) is 0 Å². The zero-order valence-electron chi connectivity index (χ0n) is 13.7. The molecule has 0 aliphatic heterocycles. The van der Waals surface area contributed by atoms with E-state index in [0.29, 0.717) is 0 Å². The van der Waals surface area contributed by atoms with Gasteiger partial charge in [-0.25, -0.2) is 0 Å². The van der Waals surface area contributed by atoms with E-state index in [4.69, 9.17) is 18.9 Å². The van der Waals surface area contributed by atoms with Gasteiger partial charge in [0.15, 0.2) is 24.4 Å². The van der Waals surface area contributed by atoms with Gasteiger partial charge in [-0.15, -0.1) is 0 Å². The number of hydrogen-bond donors (Lipinski definition) is 0. The second-order valence-corrected chi connectivity index (χ2v) is 6.05. The smallest absolute Gasteiger partial charge is 0.303 e. The van der Waals surface area contributed by atoms with Crippen molar-refractivity contribution in [2.24, 2.45) is 0 Å². The van der Waals surface area contributed by atoms with Crippen molar-refractivity contribution in [3.63, 3.8) is 0 Å². The molecule has 0 aromatic rings. The zero-order chi connectivity index (χ0) is 18.9. The largest absolute Gasteiger partial charge is 0.458 e. The first-order chi connectivity index (χ1) is 11.1. The third kappa shape index (κ3) is 8.62. The quantitative estimate of drug-likeness (QED) is 0.280. The van der Waals surface area contributed by atoms with Crippen LogP contribution in [-0.2, 0) is 38.1 Å². The maximum Gasteiger partial charge on any atom is 0.303 e. The van der Waals surface area contributed by atoms with Gasteiger partial charge in [-0.2, -0.15) is 0 Å². The van der Waals surface area contributed by atoms with Crippen LogP contribution in [0.15, 0.2) is 0 Å². The Morgan fingerprint density at radius 2 is 0.875 bits per heavy atom. The number of carbonyl (C=O) groups is 4. The Morgan fingerprint density at radius 3 is 1.04 bits per heavy atom. The maximum absolute atomic E-state index is 11.4. The van der Waals surface area contributed by atoms with Crippen LogP contribution in [0.3, 0.4) is 0 Å². The summed E-state index contributed by atoms with van der Waals surface area (Å²) < 4.78 is 20.6. The average Bonchev–Trinajstić information content (AvgIpc) is 2.45. The molecule has 138 valence electrons. The van der Waals surface area contributed by atoms with Gasteiger partial charge in [-0.1, -0.05) is 31.9 Å². The van der Waals surface area contributed by atoms with Crippen LogP contribution in [0.4, 0.5) is 0 Å². The highest BCUT2D eigenvalue weighted by atomic mass is 79.9. The van der Waals surface area contributed by atoms with E-state index >= 15 is 0 Å². The van der Waals surface area contributed by atoms with Crippen molar-refractivity contribution in [3.8, 4) is 0 Å². The van der Waals surface area contributed by atoms with Crippen LogP contribution in [-0.4, -0.2) is 59.0 Å². The van der Waals surface area contributed by atoms with E-state index in [2.05, 4.69) is 31.9 Å². The highest BCUT2D eigenvalue weighted by Gasteiger charge is 2.42. The molecule has 0 spiro atoms. The van der Waals surface area contributed by atoms with E-state index in [9.17, 15) is 19.2 Å². The van der Waals surface area contributed by atoms with Crippen molar-refractivity contribution in [2.75, 3.05) is 10.7 Å². The summed E-state index contributed by atoms with van der Waals surface area (Å²) in [4.78, 5) is 45.5. The summed E-state index contributed by atoms with van der Waals surface area (Å²) in [5.74, 6) is -2.57. The molecule has 4 atom stereocenters. The Morgan fingerprint density at radius 1 is 0.625 bits per heavy atom. The first kappa shape index (κ1) is 22.8. The van der Waals surface area contributed by atoms with Crippen LogP contribution in [0, 0.1) is 0 Å². The lowest BCUT2D eigenvalue weighted by molar-refractivity contribution is -0.194. The zero-order valence-corrected chi connectivity index (χ0v) is 16.9. The van der Waals surface area contributed by atoms with Crippen molar-refractivity contribution in [2.45, 2.75) is 52.1 Å². The fraction of sp³-hybridized carbons (Fsp3) is 0.714. The standard InChI is InChI=1S/C14H20Br2O8/c1-7(17)21-11(5-15)13(23-9(3)19)14(24-10(4)20)12(6-16)22-8(2)18/h11-14H,5-6H2,1-4H3/t11-,12-,13-,14-/m0/s1. The van der Waals surface area contributed by atoms with Gasteiger partial charge in [0.05, 0.1) is 0 Å². The lowest BCUT2D eigenvalue weighted by Crippen LogP contribution is -2.52. The summed E-state index contributed by atoms with van der Waals surface area (Å²) in [5.41, 5.74) is 0. The molecular formula is C14H20Br2O8. The van der Waals surface area contributed by atoms with Gasteiger partial charge >= 0.3 is 23.9 Å². The number of rotatable bonds is 9. The van der Waals surface area contributed by atoms with Crippen LogP contribution in [0.2, 0.25) is 0 Å². The van der Waals surface area contributed by atoms with E-state index < -0.39 is 48.3 Å². The lowest BCUT2D eigenvalue weighted by Gasteiger charge is -2.34. The SMILES string of the molecule is CC(=O)O[C@H]([C@@H](OC(C)=O)[C@H](CBr)OC(C)=O)[C@H](CBr)OC(C)=O. The molecule has 0 aromatic heterocycles. The molecule has 8 nitrogen and oxygen atoms in total. The minimum absolute atomic E-state index is 0.109. The van der Waals surface area contributed by atoms with Crippen molar-refractivity contribution in [1.29, 1.82) is 0 Å². The normalized spacial score (nSPS) is 15.4. The van der Waals surface area contributed by atoms with E-state index in [1.54, 1.807) is 0 Å². The van der Waals surface area contributed by atoms with E-state index in [1.807, 2.05) is 0 Å². The number of esters is 4. The molecule has 10 heteroatoms. The predicted octanol–water partition coefficient (Wildman–Crippen LogP) is 1.50. The molecule has 0 unspecified atom stereocenters. The molecule has 0 saturated heterocycles. The summed E-state index contributed by atoms with van der Waals surface area (Å²) in [6, 6.07) is 0. The van der Waals surface area contributed by atoms with Crippen LogP contribution in [0.5, 0.6) is 0 Å². The molecular weight excluding hydrogens is 456 g/mol. The molecule has 24 heavy (non-hydrogen) atoms. The Balaban J connectivity index is 5.74. The third-order valence-electron chi connectivity index (χ3n) is 2.60. The number of carbonyl (C=O) groups excluding carboxylic acids is 4. The van der Waals surface area contributed by atoms with E-state index in [-0.39, 0.29) is 10.7 Å². The lowest BCUT2D eigenvalue weighted by atomic mass is 10.0. The monoisotopic (exact) mass is 474 g/mol. The summed E-state index contributed by atoms with van der Waals surface area (Å²) in [7, 11) is 0. The highest BCUT2D eigenvalue weighted by Crippen LogP contribution is 2.21. The molecule has 0 fully saturated rings. The maximum atomic E-state index is 11.4. The third-order valence-corrected chi connectivity index (χ3v) is 3.88. The van der Waals surface area contributed by atoms with Crippen LogP contribution in [0.25, 0.3) is 0 Å². The molecule has 0 aliphatic rings. The molecule has 0 heterocycles. The molecule has 0 rings (SSSR count). The van der Waals surface area contributed by atoms with Crippen LogP contribution in [0.1, 0.15) is 27.7 Å². The first-order valence-electron chi connectivity index (χ1n) is 6.93. The van der Waals surface area contributed by atoms with Gasteiger partial charge in [0.2, 0.25) is 0 Å². The van der Waals surface area contributed by atoms with Gasteiger partial charge in [0, 0.05) is 38.4 Å². The van der Waals surface area contributed by atoms with Crippen molar-refractivity contribution >= 4 is 55.7 Å². The van der Waals surface area contributed by atoms with Crippen molar-refractivity contribution < 1.29 is 38.1 Å². The van der Waals surface area contributed by atoms with Crippen LogP contribution < -0.4 is 0 Å². The van der Waals surface area contributed by atoms with Gasteiger partial charge in [0.25, 0.3) is 0 Å². The highest BCUT2D eigenvalue weighted by molar-refractivity contribution is 9.09. The Hall–Kier alpha value is -1.16. The van der Waals surface area contributed by atoms with E-state index in [1.165, 1.54) is 13.8 Å². The summed E-state index contributed by atoms with van der Waals surface area (Å²) in [6.07, 6.45) is -4.24. The van der Waals surface area contributed by atoms with Crippen LogP contribution >= 0.6 is 31.9 Å². The molecule has 0 bridgehead atoms. The number of ether oxygens (including phenoxy) is 4. The topological polar surface area (TPSA) is 105 Å². The second-order valence-electron chi connectivity index (χ2n) is 4.75. The minimum Gasteiger partial charge on any atom is -0.458 e. The van der Waals surface area contributed by atoms with Gasteiger partial charge < -0.3 is 18.9 Å². The number of alkyl halides is 2. The van der Waals surface area contributed by atoms with Crippen molar-refractivity contribution in [1.82, 2.24) is 0 Å². The van der Waals surface area contributed by atoms with E-state index in [0.717, 1.165) is 13.8 Å². The Labute approximate surface area is 156 Å². The number of hydrogen-bond acceptors (Lipinski definition) is 8. The van der Waals surface area contributed by atoms with Gasteiger partial charge in [0.1, 0.15) is 0 Å². The van der Waals surface area contributed by atoms with Crippen molar-refractivity contribution in [3.05, 3.63) is 0 Å². The Kier molecular flexibility index (Phi) is 10.9. The summed E-state index contributed by atoms with van der Waals surface area (Å²) in [5, 5.41) is 0.217. The molecule has 0 aromatic carbocycles. The summed E-state index contributed by atoms with van der Waals surface area (Å²) >= 11 is 6.33. The second kappa shape index (κ2) is 11.4. The molecule has 0 N–H and O–H groups in total. The molecule has 0 saturated carbocycles. The minimum atomic E-state index is -1.17. The molecule has 0 amide bonds. The first-order valence-corrected chi connectivity index (χ1v) is 9.17. The Bertz CT molecular complexity index is 426. The predicted molar refractivity (Wildman–Crippen MR) is 89.8 cm³/mol. The number of halogens is 2. The summed E-state index contributed by atoms with van der Waals surface area (Å²) in [6.45, 7) is 4.70.